The number of nitrogens with one attached hydrogen (secondary N) is 1. The molecule has 1 aliphatic rings. The molecule has 0 heterocycles. The molecule has 21 heavy (non-hydrogen) atoms. The van der Waals surface area contributed by atoms with E-state index >= 15 is 0 Å². The molecule has 1 aliphatic carbocycles. The van der Waals surface area contributed by atoms with Crippen LogP contribution in [0.15, 0.2) is 24.3 Å². The standard InChI is InChI=1S/C18H28ClNO/c1-4-11-20-17-10-5-14(13(2)3)12-18(17)21-16-8-6-15(19)7-9-16/h6-9,13-14,17-18,20H,4-5,10-12H2,1-3H3. The summed E-state index contributed by atoms with van der Waals surface area (Å²) in [7, 11) is 0. The summed E-state index contributed by atoms with van der Waals surface area (Å²) in [6.07, 6.45) is 5.08. The molecule has 3 atom stereocenters. The van der Waals surface area contributed by atoms with E-state index in [9.17, 15) is 0 Å². The Kier molecular flexibility index (Phi) is 6.38. The van der Waals surface area contributed by atoms with Crippen LogP contribution < -0.4 is 10.1 Å². The molecule has 1 fully saturated rings. The van der Waals surface area contributed by atoms with Gasteiger partial charge in [-0.1, -0.05) is 32.4 Å². The Hall–Kier alpha value is -0.730. The normalized spacial score (nSPS) is 26.0. The Bertz CT molecular complexity index is 418. The molecule has 2 rings (SSSR count). The lowest BCUT2D eigenvalue weighted by Gasteiger charge is -2.38. The van der Waals surface area contributed by atoms with Gasteiger partial charge in [0, 0.05) is 11.1 Å². The molecule has 0 aromatic heterocycles. The SMILES string of the molecule is CCCNC1CCC(C(C)C)CC1Oc1ccc(Cl)cc1. The highest BCUT2D eigenvalue weighted by molar-refractivity contribution is 6.30. The van der Waals surface area contributed by atoms with Gasteiger partial charge in [-0.2, -0.15) is 0 Å². The minimum absolute atomic E-state index is 0.263. The van der Waals surface area contributed by atoms with E-state index in [-0.39, 0.29) is 6.10 Å². The fourth-order valence-corrected chi connectivity index (χ4v) is 3.27. The van der Waals surface area contributed by atoms with Gasteiger partial charge in [-0.05, 0) is 68.3 Å². The van der Waals surface area contributed by atoms with Gasteiger partial charge in [-0.15, -0.1) is 0 Å². The Morgan fingerprint density at radius 1 is 1.24 bits per heavy atom. The van der Waals surface area contributed by atoms with Crippen LogP contribution in [0.2, 0.25) is 5.02 Å². The van der Waals surface area contributed by atoms with Gasteiger partial charge in [-0.25, -0.2) is 0 Å². The average molecular weight is 310 g/mol. The van der Waals surface area contributed by atoms with Crippen LogP contribution in [0.25, 0.3) is 0 Å². The second-order valence-corrected chi connectivity index (χ2v) is 6.92. The van der Waals surface area contributed by atoms with Gasteiger partial charge in [0.25, 0.3) is 0 Å². The molecule has 118 valence electrons. The first-order chi connectivity index (χ1) is 10.1. The maximum Gasteiger partial charge on any atom is 0.119 e. The molecule has 3 heteroatoms. The lowest BCUT2D eigenvalue weighted by Crippen LogP contribution is -2.48. The van der Waals surface area contributed by atoms with E-state index in [0.29, 0.717) is 6.04 Å². The monoisotopic (exact) mass is 309 g/mol. The lowest BCUT2D eigenvalue weighted by atomic mass is 9.78. The van der Waals surface area contributed by atoms with Crippen molar-refractivity contribution in [3.63, 3.8) is 0 Å². The summed E-state index contributed by atoms with van der Waals surface area (Å²) in [6.45, 7) is 7.92. The average Bonchev–Trinajstić information content (AvgIpc) is 2.48. The Balaban J connectivity index is 2.03. The van der Waals surface area contributed by atoms with Crippen molar-refractivity contribution in [2.75, 3.05) is 6.54 Å². The summed E-state index contributed by atoms with van der Waals surface area (Å²) < 4.78 is 6.28. The molecule has 0 bridgehead atoms. The summed E-state index contributed by atoms with van der Waals surface area (Å²) in [5, 5.41) is 4.42. The van der Waals surface area contributed by atoms with Crippen molar-refractivity contribution in [1.29, 1.82) is 0 Å². The first kappa shape index (κ1) is 16.6. The molecular weight excluding hydrogens is 282 g/mol. The highest BCUT2D eigenvalue weighted by atomic mass is 35.5. The molecule has 1 saturated carbocycles. The zero-order chi connectivity index (χ0) is 15.2. The van der Waals surface area contributed by atoms with Gasteiger partial charge in [0.05, 0.1) is 0 Å². The summed E-state index contributed by atoms with van der Waals surface area (Å²) >= 11 is 5.95. The fourth-order valence-electron chi connectivity index (χ4n) is 3.15. The van der Waals surface area contributed by atoms with Crippen molar-refractivity contribution in [3.8, 4) is 5.75 Å². The first-order valence-corrected chi connectivity index (χ1v) is 8.63. The fraction of sp³-hybridized carbons (Fsp3) is 0.667. The molecule has 1 N–H and O–H groups in total. The minimum Gasteiger partial charge on any atom is -0.489 e. The molecule has 2 nitrogen and oxygen atoms in total. The van der Waals surface area contributed by atoms with Crippen molar-refractivity contribution < 1.29 is 4.74 Å². The van der Waals surface area contributed by atoms with Crippen LogP contribution in [0.1, 0.15) is 46.5 Å². The molecular formula is C18H28ClNO. The maximum absolute atomic E-state index is 6.28. The molecule has 1 aromatic carbocycles. The summed E-state index contributed by atoms with van der Waals surface area (Å²) in [4.78, 5) is 0. The smallest absolute Gasteiger partial charge is 0.119 e. The van der Waals surface area contributed by atoms with E-state index in [1.807, 2.05) is 24.3 Å². The zero-order valence-corrected chi connectivity index (χ0v) is 14.2. The first-order valence-electron chi connectivity index (χ1n) is 8.25. The van der Waals surface area contributed by atoms with Gasteiger partial charge < -0.3 is 10.1 Å². The van der Waals surface area contributed by atoms with Crippen LogP contribution in [-0.2, 0) is 0 Å². The minimum atomic E-state index is 0.263. The van der Waals surface area contributed by atoms with Crippen molar-refractivity contribution in [3.05, 3.63) is 29.3 Å². The third-order valence-electron chi connectivity index (χ3n) is 4.53. The van der Waals surface area contributed by atoms with Crippen LogP contribution in [0.4, 0.5) is 0 Å². The molecule has 3 unspecified atom stereocenters. The molecule has 0 aliphatic heterocycles. The lowest BCUT2D eigenvalue weighted by molar-refractivity contribution is 0.0719. The van der Waals surface area contributed by atoms with Crippen LogP contribution in [-0.4, -0.2) is 18.7 Å². The maximum atomic E-state index is 6.28. The van der Waals surface area contributed by atoms with Crippen LogP contribution >= 0.6 is 11.6 Å². The van der Waals surface area contributed by atoms with Crippen molar-refractivity contribution >= 4 is 11.6 Å². The Morgan fingerprint density at radius 3 is 2.57 bits per heavy atom. The summed E-state index contributed by atoms with van der Waals surface area (Å²) in [6, 6.07) is 8.20. The third kappa shape index (κ3) is 4.89. The van der Waals surface area contributed by atoms with E-state index in [4.69, 9.17) is 16.3 Å². The van der Waals surface area contributed by atoms with E-state index < -0.39 is 0 Å². The number of ether oxygens (including phenoxy) is 1. The van der Waals surface area contributed by atoms with Crippen LogP contribution in [0.5, 0.6) is 5.75 Å². The predicted octanol–water partition coefficient (Wildman–Crippen LogP) is 4.91. The topological polar surface area (TPSA) is 21.3 Å². The van der Waals surface area contributed by atoms with Gasteiger partial charge in [-0.3, -0.25) is 0 Å². The van der Waals surface area contributed by atoms with Crippen molar-refractivity contribution in [1.82, 2.24) is 5.32 Å². The number of hydrogen-bond donors (Lipinski definition) is 1. The zero-order valence-electron chi connectivity index (χ0n) is 13.4. The van der Waals surface area contributed by atoms with Crippen LogP contribution in [0.3, 0.4) is 0 Å². The van der Waals surface area contributed by atoms with Crippen LogP contribution in [0, 0.1) is 11.8 Å². The largest absolute Gasteiger partial charge is 0.489 e. The number of rotatable bonds is 6. The van der Waals surface area contributed by atoms with Gasteiger partial charge >= 0.3 is 0 Å². The van der Waals surface area contributed by atoms with E-state index in [1.54, 1.807) is 0 Å². The summed E-state index contributed by atoms with van der Waals surface area (Å²) in [5.74, 6) is 2.42. The molecule has 1 aromatic rings. The van der Waals surface area contributed by atoms with Gasteiger partial charge in [0.15, 0.2) is 0 Å². The van der Waals surface area contributed by atoms with Crippen molar-refractivity contribution in [2.45, 2.75) is 58.6 Å². The molecule has 0 amide bonds. The third-order valence-corrected chi connectivity index (χ3v) is 4.78. The second-order valence-electron chi connectivity index (χ2n) is 6.49. The number of benzene rings is 1. The van der Waals surface area contributed by atoms with Gasteiger partial charge in [0.2, 0.25) is 0 Å². The highest BCUT2D eigenvalue weighted by Gasteiger charge is 2.32. The van der Waals surface area contributed by atoms with Gasteiger partial charge in [0.1, 0.15) is 11.9 Å². The molecule has 0 saturated heterocycles. The molecule has 0 radical (unpaired) electrons. The van der Waals surface area contributed by atoms with E-state index in [0.717, 1.165) is 42.0 Å². The predicted molar refractivity (Wildman–Crippen MR) is 90.1 cm³/mol. The number of halogens is 1. The highest BCUT2D eigenvalue weighted by Crippen LogP contribution is 2.32. The van der Waals surface area contributed by atoms with E-state index in [1.165, 1.54) is 12.8 Å². The van der Waals surface area contributed by atoms with Crippen molar-refractivity contribution in [2.24, 2.45) is 11.8 Å². The van der Waals surface area contributed by atoms with E-state index in [2.05, 4.69) is 26.1 Å². The molecule has 0 spiro atoms. The summed E-state index contributed by atoms with van der Waals surface area (Å²) in [5.41, 5.74) is 0. The Morgan fingerprint density at radius 2 is 1.95 bits per heavy atom. The Labute approximate surface area is 134 Å². The quantitative estimate of drug-likeness (QED) is 0.806. The second kappa shape index (κ2) is 8.05. The number of hydrogen-bond acceptors (Lipinski definition) is 2.